The average Bonchev–Trinajstić information content (AvgIpc) is 2.78. The van der Waals surface area contributed by atoms with Crippen LogP contribution in [0.5, 0.6) is 11.5 Å². The molecule has 30 heavy (non-hydrogen) atoms. The molecular weight excluding hydrogens is 400 g/mol. The molecule has 5 nitrogen and oxygen atoms in total. The summed E-state index contributed by atoms with van der Waals surface area (Å²) in [6, 6.07) is 16.4. The van der Waals surface area contributed by atoms with Crippen molar-refractivity contribution >= 4 is 24.0 Å². The Kier molecular flexibility index (Phi) is 9.47. The van der Waals surface area contributed by atoms with Crippen LogP contribution in [-0.4, -0.2) is 50.7 Å². The number of nitrogens with zero attached hydrogens (tertiary/aromatic N) is 2. The quantitative estimate of drug-likeness (QED) is 0.612. The summed E-state index contributed by atoms with van der Waals surface area (Å²) in [5, 5.41) is 0. The minimum Gasteiger partial charge on any atom is -0.493 e. The van der Waals surface area contributed by atoms with Crippen molar-refractivity contribution in [1.82, 2.24) is 4.90 Å². The van der Waals surface area contributed by atoms with Crippen LogP contribution in [0, 0.1) is 0 Å². The first-order valence-electron chi connectivity index (χ1n) is 10.5. The number of para-hydroxylation sites is 2. The summed E-state index contributed by atoms with van der Waals surface area (Å²) in [5.74, 6) is 1.81. The Morgan fingerprint density at radius 3 is 2.33 bits per heavy atom. The van der Waals surface area contributed by atoms with E-state index >= 15 is 0 Å². The molecule has 0 unspecified atom stereocenters. The Hall–Kier alpha value is -2.24. The van der Waals surface area contributed by atoms with Crippen LogP contribution in [-0.2, 0) is 11.2 Å². The Balaban J connectivity index is 0.00000320. The second kappa shape index (κ2) is 11.8. The van der Waals surface area contributed by atoms with Crippen LogP contribution < -0.4 is 14.4 Å². The first kappa shape index (κ1) is 24.0. The Labute approximate surface area is 186 Å². The monoisotopic (exact) mass is 432 g/mol. The lowest BCUT2D eigenvalue weighted by Crippen LogP contribution is -2.47. The molecule has 0 aliphatic carbocycles. The number of carbonyl (C=O) groups excluding carboxylic acids is 1. The van der Waals surface area contributed by atoms with Gasteiger partial charge in [-0.15, -0.1) is 12.4 Å². The number of carbonyl (C=O) groups is 1. The molecule has 6 heteroatoms. The number of halogens is 1. The van der Waals surface area contributed by atoms with E-state index in [4.69, 9.17) is 9.47 Å². The molecule has 1 aliphatic heterocycles. The number of likely N-dealkylation sites (tertiary alicyclic amines) is 1. The van der Waals surface area contributed by atoms with Crippen molar-refractivity contribution in [3.63, 3.8) is 0 Å². The summed E-state index contributed by atoms with van der Waals surface area (Å²) < 4.78 is 11.0. The number of hydrogen-bond donors (Lipinski definition) is 0. The maximum Gasteiger partial charge on any atom is 0.226 e. The van der Waals surface area contributed by atoms with E-state index in [1.807, 2.05) is 54.3 Å². The summed E-state index contributed by atoms with van der Waals surface area (Å²) in [7, 11) is 3.36. The second-order valence-corrected chi connectivity index (χ2v) is 7.43. The number of anilines is 1. The van der Waals surface area contributed by atoms with E-state index in [1.165, 1.54) is 5.56 Å². The molecule has 1 amide bonds. The van der Waals surface area contributed by atoms with E-state index in [-0.39, 0.29) is 24.4 Å². The summed E-state index contributed by atoms with van der Waals surface area (Å²) in [4.78, 5) is 17.1. The number of benzene rings is 2. The lowest BCUT2D eigenvalue weighted by atomic mass is 10.0. The van der Waals surface area contributed by atoms with Crippen molar-refractivity contribution < 1.29 is 14.3 Å². The minimum atomic E-state index is 0. The number of amides is 1. The molecule has 1 saturated heterocycles. The van der Waals surface area contributed by atoms with E-state index in [0.717, 1.165) is 56.1 Å². The van der Waals surface area contributed by atoms with Crippen molar-refractivity contribution in [2.75, 3.05) is 38.8 Å². The Morgan fingerprint density at radius 2 is 1.73 bits per heavy atom. The zero-order valence-electron chi connectivity index (χ0n) is 18.2. The zero-order chi connectivity index (χ0) is 20.6. The molecular formula is C24H33ClN2O3. The summed E-state index contributed by atoms with van der Waals surface area (Å²) in [6.07, 6.45) is 3.44. The average molecular weight is 433 g/mol. The fourth-order valence-corrected chi connectivity index (χ4v) is 4.15. The molecule has 2 aromatic rings. The Bertz CT molecular complexity index is 792. The molecule has 1 heterocycles. The summed E-state index contributed by atoms with van der Waals surface area (Å²) >= 11 is 0. The predicted octanol–water partition coefficient (Wildman–Crippen LogP) is 4.58. The molecule has 2 aromatic carbocycles. The molecule has 3 rings (SSSR count). The summed E-state index contributed by atoms with van der Waals surface area (Å²) in [6.45, 7) is 4.91. The fraction of sp³-hybridized carbons (Fsp3) is 0.458. The van der Waals surface area contributed by atoms with Crippen molar-refractivity contribution in [2.45, 2.75) is 38.6 Å². The van der Waals surface area contributed by atoms with Gasteiger partial charge in [0.1, 0.15) is 0 Å². The van der Waals surface area contributed by atoms with E-state index in [1.54, 1.807) is 14.2 Å². The molecule has 0 saturated carbocycles. The zero-order valence-corrected chi connectivity index (χ0v) is 19.0. The van der Waals surface area contributed by atoms with Crippen molar-refractivity contribution in [2.24, 2.45) is 0 Å². The molecule has 0 spiro atoms. The molecule has 0 aromatic heterocycles. The van der Waals surface area contributed by atoms with Crippen molar-refractivity contribution in [1.29, 1.82) is 0 Å². The Morgan fingerprint density at radius 1 is 1.03 bits per heavy atom. The van der Waals surface area contributed by atoms with Crippen LogP contribution >= 0.6 is 12.4 Å². The lowest BCUT2D eigenvalue weighted by molar-refractivity contribution is -0.119. The maximum atomic E-state index is 12.6. The van der Waals surface area contributed by atoms with Gasteiger partial charge in [-0.1, -0.05) is 37.3 Å². The van der Waals surface area contributed by atoms with Crippen LogP contribution in [0.1, 0.15) is 31.7 Å². The van der Waals surface area contributed by atoms with E-state index < -0.39 is 0 Å². The molecule has 0 atom stereocenters. The molecule has 1 aliphatic rings. The predicted molar refractivity (Wildman–Crippen MR) is 124 cm³/mol. The molecule has 164 valence electrons. The maximum absolute atomic E-state index is 12.6. The van der Waals surface area contributed by atoms with E-state index in [9.17, 15) is 4.79 Å². The molecule has 0 N–H and O–H groups in total. The highest BCUT2D eigenvalue weighted by Gasteiger charge is 2.28. The van der Waals surface area contributed by atoms with Crippen LogP contribution in [0.15, 0.2) is 48.5 Å². The number of rotatable bonds is 8. The van der Waals surface area contributed by atoms with Crippen LogP contribution in [0.25, 0.3) is 0 Å². The molecule has 0 bridgehead atoms. The van der Waals surface area contributed by atoms with Gasteiger partial charge in [0, 0.05) is 37.8 Å². The third-order valence-electron chi connectivity index (χ3n) is 5.71. The van der Waals surface area contributed by atoms with Gasteiger partial charge in [-0.05, 0) is 43.0 Å². The van der Waals surface area contributed by atoms with Gasteiger partial charge in [-0.25, -0.2) is 0 Å². The van der Waals surface area contributed by atoms with Crippen LogP contribution in [0.3, 0.4) is 0 Å². The first-order valence-corrected chi connectivity index (χ1v) is 10.5. The first-order chi connectivity index (χ1) is 14.2. The number of methoxy groups -OCH3 is 2. The number of piperidine rings is 1. The normalized spacial score (nSPS) is 14.6. The van der Waals surface area contributed by atoms with Crippen molar-refractivity contribution in [3.8, 4) is 11.5 Å². The topological polar surface area (TPSA) is 42.0 Å². The van der Waals surface area contributed by atoms with Gasteiger partial charge in [0.15, 0.2) is 11.5 Å². The third kappa shape index (κ3) is 5.67. The van der Waals surface area contributed by atoms with Crippen LogP contribution in [0.4, 0.5) is 5.69 Å². The van der Waals surface area contributed by atoms with Gasteiger partial charge in [-0.2, -0.15) is 0 Å². The van der Waals surface area contributed by atoms with Gasteiger partial charge in [0.2, 0.25) is 5.91 Å². The lowest BCUT2D eigenvalue weighted by Gasteiger charge is -2.38. The van der Waals surface area contributed by atoms with Gasteiger partial charge in [0.25, 0.3) is 0 Å². The van der Waals surface area contributed by atoms with E-state index in [0.29, 0.717) is 6.42 Å². The standard InChI is InChI=1S/C24H32N2O3.ClH/c1-4-23(27)26(20-10-6-5-7-11-20)21-14-17-25(18-15-21)16-13-19-9-8-12-22(28-2)24(19)29-3;/h5-12,21H,4,13-18H2,1-3H3;1H. The third-order valence-corrected chi connectivity index (χ3v) is 5.71. The van der Waals surface area contributed by atoms with Gasteiger partial charge in [-0.3, -0.25) is 4.79 Å². The van der Waals surface area contributed by atoms with Gasteiger partial charge < -0.3 is 19.3 Å². The largest absolute Gasteiger partial charge is 0.493 e. The molecule has 0 radical (unpaired) electrons. The van der Waals surface area contributed by atoms with Crippen LogP contribution in [0.2, 0.25) is 0 Å². The SMILES string of the molecule is CCC(=O)N(c1ccccc1)C1CCN(CCc2cccc(OC)c2OC)CC1.Cl. The van der Waals surface area contributed by atoms with Gasteiger partial charge >= 0.3 is 0 Å². The minimum absolute atomic E-state index is 0. The number of hydrogen-bond acceptors (Lipinski definition) is 4. The summed E-state index contributed by atoms with van der Waals surface area (Å²) in [5.41, 5.74) is 2.18. The highest BCUT2D eigenvalue weighted by Crippen LogP contribution is 2.31. The fourth-order valence-electron chi connectivity index (χ4n) is 4.15. The van der Waals surface area contributed by atoms with Crippen molar-refractivity contribution in [3.05, 3.63) is 54.1 Å². The highest BCUT2D eigenvalue weighted by molar-refractivity contribution is 5.93. The second-order valence-electron chi connectivity index (χ2n) is 7.43. The number of ether oxygens (including phenoxy) is 2. The van der Waals surface area contributed by atoms with E-state index in [2.05, 4.69) is 11.0 Å². The highest BCUT2D eigenvalue weighted by atomic mass is 35.5. The smallest absolute Gasteiger partial charge is 0.226 e. The molecule has 1 fully saturated rings. The van der Waals surface area contributed by atoms with Gasteiger partial charge in [0.05, 0.1) is 14.2 Å².